The van der Waals surface area contributed by atoms with Gasteiger partial charge in [-0.05, 0) is 64.2 Å². The highest BCUT2D eigenvalue weighted by Gasteiger charge is 2.13. The number of rotatable bonds is 33. The van der Waals surface area contributed by atoms with Crippen molar-refractivity contribution < 1.29 is 19.4 Å². The Labute approximate surface area is 278 Å². The monoisotopic (exact) mass is 627 g/mol. The number of allylic oxidation sites excluding steroid dienone is 9. The van der Waals surface area contributed by atoms with Crippen LogP contribution >= 0.6 is 0 Å². The predicted octanol–water partition coefficient (Wildman–Crippen LogP) is 12.9. The zero-order valence-corrected chi connectivity index (χ0v) is 29.4. The zero-order valence-electron chi connectivity index (χ0n) is 29.4. The number of hydrogen-bond acceptors (Lipinski definition) is 3. The normalized spacial score (nSPS) is 12.9. The maximum Gasteiger partial charge on any atom is 0.309 e. The van der Waals surface area contributed by atoms with Crippen LogP contribution in [0.3, 0.4) is 0 Å². The predicted molar refractivity (Wildman–Crippen MR) is 195 cm³/mol. The lowest BCUT2D eigenvalue weighted by Gasteiger charge is -2.18. The molecule has 45 heavy (non-hydrogen) atoms. The van der Waals surface area contributed by atoms with Gasteiger partial charge in [-0.1, -0.05) is 164 Å². The second-order valence-electron chi connectivity index (χ2n) is 12.4. The lowest BCUT2D eigenvalue weighted by atomic mass is 10.0. The van der Waals surface area contributed by atoms with Crippen molar-refractivity contribution in [3.63, 3.8) is 0 Å². The fraction of sp³-hybridized carbons (Fsp3) is 0.707. The fourth-order valence-corrected chi connectivity index (χ4v) is 5.32. The molecule has 258 valence electrons. The molecule has 0 aromatic carbocycles. The van der Waals surface area contributed by atoms with Crippen molar-refractivity contribution in [2.45, 2.75) is 187 Å². The number of carboxylic acids is 1. The SMILES string of the molecule is CC/C=C\C/C=C\C/C=C\C/C=C\C/C=C\CC(=O)OC(CCCCCCCCCCCCCC)CCCCCCCC(=O)O. The lowest BCUT2D eigenvalue weighted by Crippen LogP contribution is -2.18. The molecule has 0 heterocycles. The van der Waals surface area contributed by atoms with Gasteiger partial charge in [0.1, 0.15) is 6.10 Å². The summed E-state index contributed by atoms with van der Waals surface area (Å²) in [4.78, 5) is 23.3. The number of carboxylic acid groups (broad SMARTS) is 1. The minimum atomic E-state index is -0.711. The molecular formula is C41H70O4. The van der Waals surface area contributed by atoms with Crippen LogP contribution in [0.4, 0.5) is 0 Å². The molecule has 0 saturated carbocycles. The van der Waals surface area contributed by atoms with Crippen LogP contribution in [0.15, 0.2) is 60.8 Å². The van der Waals surface area contributed by atoms with Crippen LogP contribution in [-0.4, -0.2) is 23.1 Å². The summed E-state index contributed by atoms with van der Waals surface area (Å²) in [5, 5.41) is 8.80. The Hall–Kier alpha value is -2.36. The molecule has 4 heteroatoms. The van der Waals surface area contributed by atoms with E-state index in [9.17, 15) is 9.59 Å². The molecular weight excluding hydrogens is 556 g/mol. The van der Waals surface area contributed by atoms with Gasteiger partial charge in [-0.2, -0.15) is 0 Å². The largest absolute Gasteiger partial charge is 0.481 e. The van der Waals surface area contributed by atoms with Gasteiger partial charge in [0.05, 0.1) is 6.42 Å². The quantitative estimate of drug-likeness (QED) is 0.0447. The lowest BCUT2D eigenvalue weighted by molar-refractivity contribution is -0.148. The summed E-state index contributed by atoms with van der Waals surface area (Å²) >= 11 is 0. The van der Waals surface area contributed by atoms with E-state index in [0.717, 1.165) is 83.5 Å². The summed E-state index contributed by atoms with van der Waals surface area (Å²) in [6.07, 6.45) is 49.6. The number of esters is 1. The second kappa shape index (κ2) is 36.1. The highest BCUT2D eigenvalue weighted by Crippen LogP contribution is 2.18. The van der Waals surface area contributed by atoms with Gasteiger partial charge < -0.3 is 9.84 Å². The van der Waals surface area contributed by atoms with Gasteiger partial charge >= 0.3 is 11.9 Å². The van der Waals surface area contributed by atoms with E-state index in [2.05, 4.69) is 62.5 Å². The molecule has 0 spiro atoms. The van der Waals surface area contributed by atoms with E-state index in [1.54, 1.807) is 0 Å². The summed E-state index contributed by atoms with van der Waals surface area (Å²) in [5.41, 5.74) is 0. The molecule has 0 aromatic rings. The van der Waals surface area contributed by atoms with Crippen LogP contribution in [0.1, 0.15) is 181 Å². The molecule has 0 aliphatic rings. The first-order chi connectivity index (χ1) is 22.1. The van der Waals surface area contributed by atoms with E-state index in [1.807, 2.05) is 12.2 Å². The third kappa shape index (κ3) is 36.0. The molecule has 1 unspecified atom stereocenters. The van der Waals surface area contributed by atoms with Gasteiger partial charge in [-0.25, -0.2) is 0 Å². The van der Waals surface area contributed by atoms with E-state index in [-0.39, 0.29) is 18.5 Å². The molecule has 0 rings (SSSR count). The van der Waals surface area contributed by atoms with Gasteiger partial charge in [-0.15, -0.1) is 0 Å². The van der Waals surface area contributed by atoms with Gasteiger partial charge in [0.25, 0.3) is 0 Å². The van der Waals surface area contributed by atoms with Crippen molar-refractivity contribution in [3.05, 3.63) is 60.8 Å². The Morgan fingerprint density at radius 2 is 0.889 bits per heavy atom. The molecule has 1 atom stereocenters. The zero-order chi connectivity index (χ0) is 32.9. The van der Waals surface area contributed by atoms with Crippen molar-refractivity contribution in [1.82, 2.24) is 0 Å². The number of hydrogen-bond donors (Lipinski definition) is 1. The van der Waals surface area contributed by atoms with Crippen molar-refractivity contribution in [1.29, 1.82) is 0 Å². The van der Waals surface area contributed by atoms with Crippen molar-refractivity contribution in [2.75, 3.05) is 0 Å². The van der Waals surface area contributed by atoms with E-state index in [0.29, 0.717) is 6.42 Å². The van der Waals surface area contributed by atoms with Crippen LogP contribution in [0.25, 0.3) is 0 Å². The smallest absolute Gasteiger partial charge is 0.309 e. The van der Waals surface area contributed by atoms with Crippen LogP contribution < -0.4 is 0 Å². The molecule has 0 amide bonds. The topological polar surface area (TPSA) is 63.6 Å². The standard InChI is InChI=1S/C41H70O4/c1-3-5-7-9-11-13-15-17-18-19-21-23-25-30-34-38-41(44)45-39(36-32-28-26-29-33-37-40(42)43)35-31-27-24-22-20-16-14-12-10-8-6-4-2/h5,7,11,13,17-18,21,23,30,34,39H,3-4,6,8-10,12,14-16,19-20,22,24-29,31-33,35-38H2,1-2H3,(H,42,43)/b7-5-,13-11-,18-17-,23-21-,34-30-. The summed E-state index contributed by atoms with van der Waals surface area (Å²) < 4.78 is 5.92. The highest BCUT2D eigenvalue weighted by atomic mass is 16.5. The molecule has 1 N–H and O–H groups in total. The van der Waals surface area contributed by atoms with E-state index in [4.69, 9.17) is 9.84 Å². The number of aliphatic carboxylic acids is 1. The third-order valence-electron chi connectivity index (χ3n) is 8.04. The minimum absolute atomic E-state index is 0.00220. The van der Waals surface area contributed by atoms with Crippen LogP contribution in [0, 0.1) is 0 Å². The number of carbonyl (C=O) groups is 2. The van der Waals surface area contributed by atoms with Crippen LogP contribution in [-0.2, 0) is 14.3 Å². The molecule has 0 fully saturated rings. The van der Waals surface area contributed by atoms with Crippen molar-refractivity contribution >= 4 is 11.9 Å². The average Bonchev–Trinajstić information content (AvgIpc) is 3.02. The van der Waals surface area contributed by atoms with Gasteiger partial charge in [0.15, 0.2) is 0 Å². The summed E-state index contributed by atoms with van der Waals surface area (Å²) in [7, 11) is 0. The first kappa shape index (κ1) is 42.6. The fourth-order valence-electron chi connectivity index (χ4n) is 5.32. The molecule has 0 radical (unpaired) electrons. The van der Waals surface area contributed by atoms with E-state index < -0.39 is 5.97 Å². The van der Waals surface area contributed by atoms with Crippen molar-refractivity contribution in [2.24, 2.45) is 0 Å². The van der Waals surface area contributed by atoms with Crippen LogP contribution in [0.2, 0.25) is 0 Å². The van der Waals surface area contributed by atoms with Gasteiger partial charge in [-0.3, -0.25) is 9.59 Å². The summed E-state index contributed by atoms with van der Waals surface area (Å²) in [6, 6.07) is 0. The molecule has 0 aliphatic carbocycles. The number of unbranched alkanes of at least 4 members (excludes halogenated alkanes) is 15. The first-order valence-corrected chi connectivity index (χ1v) is 18.8. The average molecular weight is 627 g/mol. The van der Waals surface area contributed by atoms with Crippen molar-refractivity contribution in [3.8, 4) is 0 Å². The van der Waals surface area contributed by atoms with Gasteiger partial charge in [0.2, 0.25) is 0 Å². The molecule has 0 saturated heterocycles. The molecule has 0 bridgehead atoms. The maximum atomic E-state index is 12.6. The Kier molecular flexibility index (Phi) is 34.2. The minimum Gasteiger partial charge on any atom is -0.481 e. The Bertz CT molecular complexity index is 804. The first-order valence-electron chi connectivity index (χ1n) is 18.8. The molecule has 0 aromatic heterocycles. The highest BCUT2D eigenvalue weighted by molar-refractivity contribution is 5.71. The number of carbonyl (C=O) groups excluding carboxylic acids is 1. The third-order valence-corrected chi connectivity index (χ3v) is 8.04. The van der Waals surface area contributed by atoms with Gasteiger partial charge in [0, 0.05) is 6.42 Å². The Morgan fingerprint density at radius 3 is 1.31 bits per heavy atom. The molecule has 4 nitrogen and oxygen atoms in total. The molecule has 0 aliphatic heterocycles. The van der Waals surface area contributed by atoms with Crippen LogP contribution in [0.5, 0.6) is 0 Å². The maximum absolute atomic E-state index is 12.6. The summed E-state index contributed by atoms with van der Waals surface area (Å²) in [5.74, 6) is -0.835. The Morgan fingerprint density at radius 1 is 0.511 bits per heavy atom. The second-order valence-corrected chi connectivity index (χ2v) is 12.4. The Balaban J connectivity index is 4.23. The van der Waals surface area contributed by atoms with E-state index >= 15 is 0 Å². The summed E-state index contributed by atoms with van der Waals surface area (Å²) in [6.45, 7) is 4.42. The number of ether oxygens (including phenoxy) is 1. The van der Waals surface area contributed by atoms with E-state index in [1.165, 1.54) is 70.6 Å².